The molecular formula is C5H9BrO2. The van der Waals surface area contributed by atoms with Gasteiger partial charge in [0.1, 0.15) is 5.78 Å². The summed E-state index contributed by atoms with van der Waals surface area (Å²) >= 11 is 3.00. The molecule has 0 aliphatic carbocycles. The molecule has 0 aromatic carbocycles. The highest BCUT2D eigenvalue weighted by molar-refractivity contribution is 9.10. The van der Waals surface area contributed by atoms with Gasteiger partial charge in [0, 0.05) is 6.42 Å². The monoisotopic (exact) mass is 180 g/mol. The van der Waals surface area contributed by atoms with Crippen molar-refractivity contribution in [2.75, 3.05) is 6.61 Å². The van der Waals surface area contributed by atoms with E-state index >= 15 is 0 Å². The van der Waals surface area contributed by atoms with Gasteiger partial charge in [-0.25, -0.2) is 0 Å². The Hall–Kier alpha value is 0.110. The number of carbonyl (C=O) groups is 1. The SMILES string of the molecule is CCC(=O)C(Br)CO. The third-order valence-corrected chi connectivity index (χ3v) is 1.66. The van der Waals surface area contributed by atoms with Crippen LogP contribution < -0.4 is 0 Å². The minimum absolute atomic E-state index is 0.0486. The quantitative estimate of drug-likeness (QED) is 0.651. The van der Waals surface area contributed by atoms with Gasteiger partial charge in [-0.2, -0.15) is 0 Å². The summed E-state index contributed by atoms with van der Waals surface area (Å²) in [7, 11) is 0. The van der Waals surface area contributed by atoms with Gasteiger partial charge in [0.25, 0.3) is 0 Å². The molecule has 48 valence electrons. The van der Waals surface area contributed by atoms with Crippen LogP contribution in [0.4, 0.5) is 0 Å². The average molecular weight is 181 g/mol. The first-order chi connectivity index (χ1) is 3.72. The summed E-state index contributed by atoms with van der Waals surface area (Å²) in [6.45, 7) is 1.67. The van der Waals surface area contributed by atoms with Crippen molar-refractivity contribution in [3.05, 3.63) is 0 Å². The van der Waals surface area contributed by atoms with Crippen molar-refractivity contribution in [1.29, 1.82) is 0 Å². The van der Waals surface area contributed by atoms with E-state index in [2.05, 4.69) is 15.9 Å². The van der Waals surface area contributed by atoms with Crippen LogP contribution in [-0.2, 0) is 4.79 Å². The molecule has 2 nitrogen and oxygen atoms in total. The highest BCUT2D eigenvalue weighted by Gasteiger charge is 2.09. The number of rotatable bonds is 3. The maximum absolute atomic E-state index is 10.5. The standard InChI is InChI=1S/C5H9BrO2/c1-2-5(8)4(6)3-7/h4,7H,2-3H2,1H3. The van der Waals surface area contributed by atoms with Crippen molar-refractivity contribution in [1.82, 2.24) is 0 Å². The van der Waals surface area contributed by atoms with E-state index in [-0.39, 0.29) is 17.2 Å². The number of aliphatic hydroxyl groups excluding tert-OH is 1. The van der Waals surface area contributed by atoms with Crippen LogP contribution in [0.25, 0.3) is 0 Å². The fourth-order valence-corrected chi connectivity index (χ4v) is 0.647. The fraction of sp³-hybridized carbons (Fsp3) is 0.800. The van der Waals surface area contributed by atoms with Crippen molar-refractivity contribution in [3.63, 3.8) is 0 Å². The molecule has 0 radical (unpaired) electrons. The highest BCUT2D eigenvalue weighted by atomic mass is 79.9. The van der Waals surface area contributed by atoms with Crippen molar-refractivity contribution in [2.45, 2.75) is 18.2 Å². The molecule has 0 aliphatic heterocycles. The van der Waals surface area contributed by atoms with E-state index in [0.29, 0.717) is 6.42 Å². The van der Waals surface area contributed by atoms with Gasteiger partial charge in [-0.1, -0.05) is 22.9 Å². The first-order valence-corrected chi connectivity index (χ1v) is 3.41. The van der Waals surface area contributed by atoms with E-state index in [9.17, 15) is 4.79 Å². The Kier molecular flexibility index (Phi) is 4.09. The summed E-state index contributed by atoms with van der Waals surface area (Å²) in [6, 6.07) is 0. The normalized spacial score (nSPS) is 13.4. The zero-order valence-corrected chi connectivity index (χ0v) is 6.31. The summed E-state index contributed by atoms with van der Waals surface area (Å²) in [5, 5.41) is 8.37. The number of hydrogen-bond acceptors (Lipinski definition) is 2. The number of halogens is 1. The lowest BCUT2D eigenvalue weighted by Crippen LogP contribution is -2.16. The molecule has 0 aromatic rings. The van der Waals surface area contributed by atoms with Gasteiger partial charge in [-0.05, 0) is 0 Å². The van der Waals surface area contributed by atoms with E-state index in [1.807, 2.05) is 0 Å². The van der Waals surface area contributed by atoms with Crippen molar-refractivity contribution >= 4 is 21.7 Å². The summed E-state index contributed by atoms with van der Waals surface area (Å²) in [4.78, 5) is 10.2. The molecule has 1 N–H and O–H groups in total. The van der Waals surface area contributed by atoms with Crippen molar-refractivity contribution in [3.8, 4) is 0 Å². The van der Waals surface area contributed by atoms with E-state index in [0.717, 1.165) is 0 Å². The molecule has 0 aliphatic rings. The first kappa shape index (κ1) is 8.11. The molecule has 0 spiro atoms. The minimum atomic E-state index is -0.354. The molecule has 0 bridgehead atoms. The number of hydrogen-bond donors (Lipinski definition) is 1. The second-order valence-electron chi connectivity index (χ2n) is 1.47. The molecule has 0 rings (SSSR count). The lowest BCUT2D eigenvalue weighted by atomic mass is 10.2. The van der Waals surface area contributed by atoms with Gasteiger partial charge in [-0.3, -0.25) is 4.79 Å². The zero-order chi connectivity index (χ0) is 6.57. The number of alkyl halides is 1. The van der Waals surface area contributed by atoms with Crippen LogP contribution in [0.5, 0.6) is 0 Å². The Morgan fingerprint density at radius 2 is 2.38 bits per heavy atom. The van der Waals surface area contributed by atoms with Gasteiger partial charge in [-0.15, -0.1) is 0 Å². The number of ketones is 1. The number of Topliss-reactive ketones (excluding diaryl/α,β-unsaturated/α-hetero) is 1. The van der Waals surface area contributed by atoms with E-state index in [1.54, 1.807) is 6.92 Å². The van der Waals surface area contributed by atoms with Crippen LogP contribution in [0.1, 0.15) is 13.3 Å². The Bertz CT molecular complexity index is 82.5. The number of aliphatic hydroxyl groups is 1. The van der Waals surface area contributed by atoms with Gasteiger partial charge >= 0.3 is 0 Å². The Morgan fingerprint density at radius 1 is 1.88 bits per heavy atom. The van der Waals surface area contributed by atoms with Crippen LogP contribution in [0.15, 0.2) is 0 Å². The first-order valence-electron chi connectivity index (χ1n) is 2.50. The Labute approximate surface area is 57.0 Å². The van der Waals surface area contributed by atoms with Crippen LogP contribution in [0.3, 0.4) is 0 Å². The Balaban J connectivity index is 3.46. The maximum atomic E-state index is 10.5. The lowest BCUT2D eigenvalue weighted by molar-refractivity contribution is -0.118. The molecule has 0 saturated heterocycles. The minimum Gasteiger partial charge on any atom is -0.395 e. The van der Waals surface area contributed by atoms with Gasteiger partial charge in [0.05, 0.1) is 11.4 Å². The molecule has 3 heteroatoms. The second kappa shape index (κ2) is 4.04. The van der Waals surface area contributed by atoms with Gasteiger partial charge < -0.3 is 5.11 Å². The Morgan fingerprint density at radius 3 is 2.50 bits per heavy atom. The van der Waals surface area contributed by atoms with Gasteiger partial charge in [0.15, 0.2) is 0 Å². The highest BCUT2D eigenvalue weighted by Crippen LogP contribution is 2.00. The molecule has 1 unspecified atom stereocenters. The summed E-state index contributed by atoms with van der Waals surface area (Å²) in [6.07, 6.45) is 0.483. The smallest absolute Gasteiger partial charge is 0.148 e. The van der Waals surface area contributed by atoms with Crippen LogP contribution in [0.2, 0.25) is 0 Å². The zero-order valence-electron chi connectivity index (χ0n) is 4.72. The molecule has 0 heterocycles. The third-order valence-electron chi connectivity index (χ3n) is 0.858. The summed E-state index contributed by atoms with van der Waals surface area (Å²) in [5.74, 6) is 0.0486. The molecule has 0 aromatic heterocycles. The van der Waals surface area contributed by atoms with E-state index in [1.165, 1.54) is 0 Å². The molecule has 0 saturated carbocycles. The molecular weight excluding hydrogens is 172 g/mol. The van der Waals surface area contributed by atoms with E-state index in [4.69, 9.17) is 5.11 Å². The predicted molar refractivity (Wildman–Crippen MR) is 35.1 cm³/mol. The van der Waals surface area contributed by atoms with Crippen molar-refractivity contribution in [2.24, 2.45) is 0 Å². The number of carbonyl (C=O) groups excluding carboxylic acids is 1. The fourth-order valence-electron chi connectivity index (χ4n) is 0.323. The van der Waals surface area contributed by atoms with Crippen LogP contribution >= 0.6 is 15.9 Å². The second-order valence-corrected chi connectivity index (χ2v) is 2.58. The molecule has 8 heavy (non-hydrogen) atoms. The van der Waals surface area contributed by atoms with Gasteiger partial charge in [0.2, 0.25) is 0 Å². The molecule has 1 atom stereocenters. The summed E-state index contributed by atoms with van der Waals surface area (Å²) < 4.78 is 0. The maximum Gasteiger partial charge on any atom is 0.148 e. The third kappa shape index (κ3) is 2.43. The lowest BCUT2D eigenvalue weighted by Gasteiger charge is -1.99. The van der Waals surface area contributed by atoms with Crippen LogP contribution in [-0.4, -0.2) is 22.3 Å². The predicted octanol–water partition coefficient (Wildman–Crippen LogP) is 0.721. The summed E-state index contributed by atoms with van der Waals surface area (Å²) in [5.41, 5.74) is 0. The topological polar surface area (TPSA) is 37.3 Å². The average Bonchev–Trinajstić information content (AvgIpc) is 1.84. The largest absolute Gasteiger partial charge is 0.395 e. The van der Waals surface area contributed by atoms with Crippen molar-refractivity contribution < 1.29 is 9.90 Å². The molecule has 0 amide bonds. The van der Waals surface area contributed by atoms with Crippen LogP contribution in [0, 0.1) is 0 Å². The van der Waals surface area contributed by atoms with E-state index < -0.39 is 0 Å². The molecule has 0 fully saturated rings.